The molecule has 1 unspecified atom stereocenters. The van der Waals surface area contributed by atoms with E-state index in [9.17, 15) is 8.78 Å². The number of aromatic nitrogens is 1. The Balaban J connectivity index is 2.53. The van der Waals surface area contributed by atoms with Gasteiger partial charge in [0.15, 0.2) is 0 Å². The number of ether oxygens (including phenoxy) is 1. The van der Waals surface area contributed by atoms with E-state index in [0.29, 0.717) is 10.2 Å². The molecule has 100 valence electrons. The SMILES string of the molecule is COc1cccnc1C(N)c1c(F)cc(Br)cc1F. The summed E-state index contributed by atoms with van der Waals surface area (Å²) in [6.07, 6.45) is 1.49. The van der Waals surface area contributed by atoms with E-state index in [1.807, 2.05) is 0 Å². The Bertz CT molecular complexity index is 584. The Hall–Kier alpha value is -1.53. The van der Waals surface area contributed by atoms with E-state index in [2.05, 4.69) is 20.9 Å². The largest absolute Gasteiger partial charge is 0.495 e. The van der Waals surface area contributed by atoms with Crippen LogP contribution in [0.1, 0.15) is 17.3 Å². The molecule has 3 nitrogen and oxygen atoms in total. The van der Waals surface area contributed by atoms with E-state index in [4.69, 9.17) is 10.5 Å². The maximum absolute atomic E-state index is 13.9. The molecule has 0 saturated heterocycles. The molecule has 2 rings (SSSR count). The van der Waals surface area contributed by atoms with Gasteiger partial charge in [-0.3, -0.25) is 4.98 Å². The van der Waals surface area contributed by atoms with Gasteiger partial charge < -0.3 is 10.5 Å². The maximum atomic E-state index is 13.9. The molecule has 0 saturated carbocycles. The van der Waals surface area contributed by atoms with Crippen LogP contribution >= 0.6 is 15.9 Å². The predicted octanol–water partition coefficient (Wildman–Crippen LogP) is 3.18. The highest BCUT2D eigenvalue weighted by Crippen LogP contribution is 2.30. The van der Waals surface area contributed by atoms with Crippen molar-refractivity contribution in [3.63, 3.8) is 0 Å². The van der Waals surface area contributed by atoms with Gasteiger partial charge in [-0.1, -0.05) is 15.9 Å². The lowest BCUT2D eigenvalue weighted by Gasteiger charge is -2.16. The summed E-state index contributed by atoms with van der Waals surface area (Å²) in [5, 5.41) is 0. The van der Waals surface area contributed by atoms with Gasteiger partial charge >= 0.3 is 0 Å². The zero-order chi connectivity index (χ0) is 14.0. The van der Waals surface area contributed by atoms with Crippen LogP contribution in [0.15, 0.2) is 34.9 Å². The summed E-state index contributed by atoms with van der Waals surface area (Å²) in [4.78, 5) is 4.04. The number of hydrogen-bond donors (Lipinski definition) is 1. The zero-order valence-electron chi connectivity index (χ0n) is 10.0. The standard InChI is InChI=1S/C13H11BrF2N2O/c1-19-10-3-2-4-18-13(10)12(17)11-8(15)5-7(14)6-9(11)16/h2-6,12H,17H2,1H3. The molecule has 0 fully saturated rings. The average Bonchev–Trinajstić information content (AvgIpc) is 2.37. The topological polar surface area (TPSA) is 48.1 Å². The number of nitrogens with zero attached hydrogens (tertiary/aromatic N) is 1. The molecule has 1 aromatic heterocycles. The lowest BCUT2D eigenvalue weighted by atomic mass is 10.0. The van der Waals surface area contributed by atoms with Crippen LogP contribution in [0.3, 0.4) is 0 Å². The molecule has 0 aliphatic heterocycles. The van der Waals surface area contributed by atoms with E-state index >= 15 is 0 Å². The van der Waals surface area contributed by atoms with Crippen molar-refractivity contribution in [2.24, 2.45) is 5.73 Å². The summed E-state index contributed by atoms with van der Waals surface area (Å²) in [6, 6.07) is 4.57. The number of pyridine rings is 1. The minimum Gasteiger partial charge on any atom is -0.495 e. The van der Waals surface area contributed by atoms with Crippen LogP contribution in [0.25, 0.3) is 0 Å². The summed E-state index contributed by atoms with van der Waals surface area (Å²) in [6.45, 7) is 0. The number of hydrogen-bond acceptors (Lipinski definition) is 3. The fourth-order valence-corrected chi connectivity index (χ4v) is 2.20. The van der Waals surface area contributed by atoms with Gasteiger partial charge in [0, 0.05) is 16.2 Å². The van der Waals surface area contributed by atoms with Crippen molar-refractivity contribution in [3.05, 3.63) is 57.8 Å². The van der Waals surface area contributed by atoms with Gasteiger partial charge in [0.2, 0.25) is 0 Å². The molecule has 0 aliphatic rings. The first kappa shape index (κ1) is 13.9. The first-order chi connectivity index (χ1) is 9.04. The van der Waals surface area contributed by atoms with Crippen molar-refractivity contribution >= 4 is 15.9 Å². The number of nitrogens with two attached hydrogens (primary N) is 1. The molecule has 0 amide bonds. The van der Waals surface area contributed by atoms with Crippen molar-refractivity contribution in [1.29, 1.82) is 0 Å². The first-order valence-electron chi connectivity index (χ1n) is 5.43. The zero-order valence-corrected chi connectivity index (χ0v) is 11.6. The van der Waals surface area contributed by atoms with Gasteiger partial charge in [0.1, 0.15) is 23.1 Å². The molecule has 1 heterocycles. The molecule has 0 aliphatic carbocycles. The molecule has 1 aromatic carbocycles. The van der Waals surface area contributed by atoms with E-state index in [0.717, 1.165) is 12.1 Å². The highest BCUT2D eigenvalue weighted by atomic mass is 79.9. The third kappa shape index (κ3) is 2.74. The second-order valence-electron chi connectivity index (χ2n) is 3.85. The predicted molar refractivity (Wildman–Crippen MR) is 70.9 cm³/mol. The van der Waals surface area contributed by atoms with E-state index in [-0.39, 0.29) is 11.3 Å². The summed E-state index contributed by atoms with van der Waals surface area (Å²) in [7, 11) is 1.45. The Kier molecular flexibility index (Phi) is 4.11. The van der Waals surface area contributed by atoms with Crippen molar-refractivity contribution in [2.75, 3.05) is 7.11 Å². The second-order valence-corrected chi connectivity index (χ2v) is 4.77. The number of rotatable bonds is 3. The number of halogens is 3. The Morgan fingerprint density at radius 1 is 1.32 bits per heavy atom. The molecule has 1 atom stereocenters. The molecular weight excluding hydrogens is 318 g/mol. The highest BCUT2D eigenvalue weighted by Gasteiger charge is 2.23. The molecule has 0 spiro atoms. The number of methoxy groups -OCH3 is 1. The van der Waals surface area contributed by atoms with Crippen molar-refractivity contribution in [3.8, 4) is 5.75 Å². The number of benzene rings is 1. The smallest absolute Gasteiger partial charge is 0.142 e. The van der Waals surface area contributed by atoms with Gasteiger partial charge in [0.25, 0.3) is 0 Å². The summed E-state index contributed by atoms with van der Waals surface area (Å²) in [5.41, 5.74) is 5.95. The lowest BCUT2D eigenvalue weighted by Crippen LogP contribution is -2.18. The Morgan fingerprint density at radius 2 is 1.95 bits per heavy atom. The lowest BCUT2D eigenvalue weighted by molar-refractivity contribution is 0.403. The van der Waals surface area contributed by atoms with Crippen LogP contribution < -0.4 is 10.5 Å². The molecule has 2 aromatic rings. The molecular formula is C13H11BrF2N2O. The monoisotopic (exact) mass is 328 g/mol. The molecule has 6 heteroatoms. The van der Waals surface area contributed by atoms with Crippen LogP contribution in [0.4, 0.5) is 8.78 Å². The minimum absolute atomic E-state index is 0.236. The summed E-state index contributed by atoms with van der Waals surface area (Å²) < 4.78 is 33.1. The highest BCUT2D eigenvalue weighted by molar-refractivity contribution is 9.10. The van der Waals surface area contributed by atoms with Crippen molar-refractivity contribution < 1.29 is 13.5 Å². The molecule has 19 heavy (non-hydrogen) atoms. The van der Waals surface area contributed by atoms with Crippen LogP contribution in [-0.2, 0) is 0 Å². The molecule has 0 radical (unpaired) electrons. The average molecular weight is 329 g/mol. The van der Waals surface area contributed by atoms with Gasteiger partial charge in [-0.25, -0.2) is 8.78 Å². The summed E-state index contributed by atoms with van der Waals surface area (Å²) >= 11 is 3.02. The Labute approximate surface area is 117 Å². The van der Waals surface area contributed by atoms with Gasteiger partial charge in [-0.2, -0.15) is 0 Å². The third-order valence-corrected chi connectivity index (χ3v) is 3.13. The van der Waals surface area contributed by atoms with Crippen molar-refractivity contribution in [2.45, 2.75) is 6.04 Å². The third-order valence-electron chi connectivity index (χ3n) is 2.67. The van der Waals surface area contributed by atoms with Crippen LogP contribution in [0, 0.1) is 11.6 Å². The maximum Gasteiger partial charge on any atom is 0.142 e. The van der Waals surface area contributed by atoms with Crippen molar-refractivity contribution in [1.82, 2.24) is 4.98 Å². The van der Waals surface area contributed by atoms with Crippen LogP contribution in [0.2, 0.25) is 0 Å². The Morgan fingerprint density at radius 3 is 2.53 bits per heavy atom. The second kappa shape index (κ2) is 5.63. The molecule has 2 N–H and O–H groups in total. The minimum atomic E-state index is -1.04. The quantitative estimate of drug-likeness (QED) is 0.941. The van der Waals surface area contributed by atoms with E-state index in [1.54, 1.807) is 12.1 Å². The normalized spacial score (nSPS) is 12.3. The fourth-order valence-electron chi connectivity index (χ4n) is 1.80. The van der Waals surface area contributed by atoms with E-state index < -0.39 is 17.7 Å². The van der Waals surface area contributed by atoms with Gasteiger partial charge in [0.05, 0.1) is 13.2 Å². The van der Waals surface area contributed by atoms with E-state index in [1.165, 1.54) is 13.3 Å². The fraction of sp³-hybridized carbons (Fsp3) is 0.154. The van der Waals surface area contributed by atoms with Crippen LogP contribution in [-0.4, -0.2) is 12.1 Å². The van der Waals surface area contributed by atoms with Crippen LogP contribution in [0.5, 0.6) is 5.75 Å². The molecule has 0 bridgehead atoms. The first-order valence-corrected chi connectivity index (χ1v) is 6.22. The van der Waals surface area contributed by atoms with Gasteiger partial charge in [-0.05, 0) is 24.3 Å². The van der Waals surface area contributed by atoms with Gasteiger partial charge in [-0.15, -0.1) is 0 Å². The summed E-state index contributed by atoms with van der Waals surface area (Å²) in [5.74, 6) is -1.07.